The highest BCUT2D eigenvalue weighted by Gasteiger charge is 2.34. The lowest BCUT2D eigenvalue weighted by Crippen LogP contribution is -2.34. The zero-order valence-corrected chi connectivity index (χ0v) is 30.1. The van der Waals surface area contributed by atoms with Gasteiger partial charge < -0.3 is 0 Å². The molecule has 43 heavy (non-hydrogen) atoms. The molecule has 0 N–H and O–H groups in total. The average molecular weight is 597 g/mol. The van der Waals surface area contributed by atoms with E-state index in [-0.39, 0.29) is 22.5 Å². The van der Waals surface area contributed by atoms with E-state index >= 15 is 0 Å². The Balaban J connectivity index is 2.38. The summed E-state index contributed by atoms with van der Waals surface area (Å²) in [5.41, 5.74) is 1.73. The van der Waals surface area contributed by atoms with Crippen LogP contribution in [0.15, 0.2) is 42.5 Å². The van der Waals surface area contributed by atoms with Gasteiger partial charge in [-0.1, -0.05) is 85.7 Å². The van der Waals surface area contributed by atoms with Gasteiger partial charge in [0.15, 0.2) is 5.78 Å². The van der Waals surface area contributed by atoms with Crippen molar-refractivity contribution >= 4 is 5.78 Å². The molecule has 0 fully saturated rings. The maximum absolute atomic E-state index is 14.1. The first-order chi connectivity index (χ1) is 19.2. The highest BCUT2D eigenvalue weighted by atomic mass is 17.2. The fourth-order valence-corrected chi connectivity index (χ4v) is 5.96. The summed E-state index contributed by atoms with van der Waals surface area (Å²) in [5, 5.41) is 0. The Kier molecular flexibility index (Phi) is 11.3. The quantitative estimate of drug-likeness (QED) is 0.131. The minimum Gasteiger partial charge on any atom is -0.289 e. The average Bonchev–Trinajstić information content (AvgIpc) is 2.83. The molecule has 0 radical (unpaired) electrons. The van der Waals surface area contributed by atoms with Crippen molar-refractivity contribution in [2.24, 2.45) is 10.8 Å². The van der Waals surface area contributed by atoms with Crippen LogP contribution in [0, 0.1) is 10.8 Å². The normalized spacial score (nSPS) is 14.0. The van der Waals surface area contributed by atoms with Gasteiger partial charge in [0.1, 0.15) is 11.2 Å². The molecule has 0 saturated carbocycles. The van der Waals surface area contributed by atoms with Gasteiger partial charge >= 0.3 is 0 Å². The first kappa shape index (κ1) is 37.1. The minimum atomic E-state index is -0.769. The molecule has 2 aromatic carbocycles. The van der Waals surface area contributed by atoms with Crippen LogP contribution in [0.5, 0.6) is 0 Å². The molecular formula is C38H60O5. The first-order valence-electron chi connectivity index (χ1n) is 15.8. The third kappa shape index (κ3) is 11.4. The van der Waals surface area contributed by atoms with Gasteiger partial charge in [-0.15, -0.1) is 0 Å². The summed E-state index contributed by atoms with van der Waals surface area (Å²) in [6.45, 7) is 33.4. The smallest absolute Gasteiger partial charge is 0.193 e. The van der Waals surface area contributed by atoms with Gasteiger partial charge in [0.05, 0.1) is 11.2 Å². The van der Waals surface area contributed by atoms with Crippen LogP contribution in [0.1, 0.15) is 162 Å². The Morgan fingerprint density at radius 3 is 1.47 bits per heavy atom. The molecular weight excluding hydrogens is 536 g/mol. The van der Waals surface area contributed by atoms with E-state index in [1.54, 1.807) is 0 Å². The first-order valence-corrected chi connectivity index (χ1v) is 15.8. The summed E-state index contributed by atoms with van der Waals surface area (Å²) in [5.74, 6) is 0.127. The lowest BCUT2D eigenvalue weighted by atomic mass is 9.84. The number of ketones is 1. The lowest BCUT2D eigenvalue weighted by molar-refractivity contribution is -0.408. The van der Waals surface area contributed by atoms with E-state index in [0.717, 1.165) is 29.5 Å². The summed E-state index contributed by atoms with van der Waals surface area (Å²) >= 11 is 0. The molecule has 0 aliphatic heterocycles. The molecule has 5 heteroatoms. The fraction of sp³-hybridized carbons (Fsp3) is 0.658. The van der Waals surface area contributed by atoms with Gasteiger partial charge in [0, 0.05) is 11.1 Å². The molecule has 0 aliphatic rings. The van der Waals surface area contributed by atoms with E-state index in [1.807, 2.05) is 97.9 Å². The van der Waals surface area contributed by atoms with Crippen molar-refractivity contribution in [3.63, 3.8) is 0 Å². The van der Waals surface area contributed by atoms with Gasteiger partial charge in [-0.25, -0.2) is 19.6 Å². The van der Waals surface area contributed by atoms with Crippen molar-refractivity contribution in [2.45, 2.75) is 152 Å². The molecule has 0 saturated heterocycles. The van der Waals surface area contributed by atoms with Gasteiger partial charge in [-0.2, -0.15) is 0 Å². The third-order valence-electron chi connectivity index (χ3n) is 7.30. The van der Waals surface area contributed by atoms with Gasteiger partial charge in [0.25, 0.3) is 0 Å². The van der Waals surface area contributed by atoms with Crippen LogP contribution in [-0.4, -0.2) is 17.0 Å². The predicted octanol–water partition coefficient (Wildman–Crippen LogP) is 10.8. The van der Waals surface area contributed by atoms with Crippen molar-refractivity contribution < 1.29 is 24.3 Å². The SMILES string of the molecule is CC(C)c1ccc(C(C)(C)OOC(C)(C)CC(C)(C)C)cc1C(=O)c1cccc(C(C)(C)OOC(C)(C)CC(C)(C)C)c1. The highest BCUT2D eigenvalue weighted by Crippen LogP contribution is 2.36. The van der Waals surface area contributed by atoms with Gasteiger partial charge in [0.2, 0.25) is 0 Å². The molecule has 0 heterocycles. The standard InChI is InChI=1S/C38H60O5/c1-26(2)30-21-20-29(38(15,16)43-41-36(11,12)25-34(6,7)8)23-31(30)32(39)27-18-17-19-28(22-27)37(13,14)42-40-35(9,10)24-33(3,4)5/h17-23,26H,24-25H2,1-16H3. The molecule has 0 bridgehead atoms. The summed E-state index contributed by atoms with van der Waals surface area (Å²) in [4.78, 5) is 38.2. The number of hydrogen-bond donors (Lipinski definition) is 0. The van der Waals surface area contributed by atoms with E-state index in [4.69, 9.17) is 19.6 Å². The topological polar surface area (TPSA) is 54.0 Å². The summed E-state index contributed by atoms with van der Waals surface area (Å²) in [6, 6.07) is 13.7. The molecule has 2 rings (SSSR count). The van der Waals surface area contributed by atoms with Crippen LogP contribution in [0.2, 0.25) is 0 Å². The fourth-order valence-electron chi connectivity index (χ4n) is 5.96. The number of rotatable bonds is 13. The van der Waals surface area contributed by atoms with Crippen molar-refractivity contribution in [3.8, 4) is 0 Å². The Morgan fingerprint density at radius 1 is 0.605 bits per heavy atom. The van der Waals surface area contributed by atoms with Crippen molar-refractivity contribution in [1.82, 2.24) is 0 Å². The Hall–Kier alpha value is -2.05. The van der Waals surface area contributed by atoms with Gasteiger partial charge in [-0.3, -0.25) is 4.79 Å². The monoisotopic (exact) mass is 596 g/mol. The van der Waals surface area contributed by atoms with E-state index in [2.05, 4.69) is 55.4 Å². The second-order valence-corrected chi connectivity index (χ2v) is 17.2. The molecule has 0 amide bonds. The van der Waals surface area contributed by atoms with Crippen molar-refractivity contribution in [1.29, 1.82) is 0 Å². The van der Waals surface area contributed by atoms with Crippen LogP contribution in [-0.2, 0) is 30.8 Å². The number of benzene rings is 2. The number of carbonyl (C=O) groups excluding carboxylic acids is 1. The zero-order chi connectivity index (χ0) is 33.2. The van der Waals surface area contributed by atoms with Crippen molar-refractivity contribution in [2.75, 3.05) is 0 Å². The van der Waals surface area contributed by atoms with E-state index in [1.165, 1.54) is 0 Å². The Morgan fingerprint density at radius 2 is 1.05 bits per heavy atom. The van der Waals surface area contributed by atoms with E-state index in [0.29, 0.717) is 11.1 Å². The molecule has 5 nitrogen and oxygen atoms in total. The molecule has 0 aromatic heterocycles. The molecule has 0 spiro atoms. The summed E-state index contributed by atoms with van der Waals surface area (Å²) < 4.78 is 0. The summed E-state index contributed by atoms with van der Waals surface area (Å²) in [7, 11) is 0. The maximum atomic E-state index is 14.1. The zero-order valence-electron chi connectivity index (χ0n) is 30.1. The molecule has 242 valence electrons. The Bertz CT molecular complexity index is 1240. The van der Waals surface area contributed by atoms with Gasteiger partial charge in [-0.05, 0) is 114 Å². The predicted molar refractivity (Wildman–Crippen MR) is 177 cm³/mol. The molecule has 0 aliphatic carbocycles. The Labute approximate surface area is 262 Å². The minimum absolute atomic E-state index is 0.0399. The number of carbonyl (C=O) groups is 1. The van der Waals surface area contributed by atoms with Crippen molar-refractivity contribution in [3.05, 3.63) is 70.3 Å². The molecule has 0 atom stereocenters. The third-order valence-corrected chi connectivity index (χ3v) is 7.30. The lowest BCUT2D eigenvalue weighted by Gasteiger charge is -2.35. The van der Waals surface area contributed by atoms with Crippen LogP contribution in [0.3, 0.4) is 0 Å². The largest absolute Gasteiger partial charge is 0.289 e. The van der Waals surface area contributed by atoms with Crippen LogP contribution >= 0.6 is 0 Å². The van der Waals surface area contributed by atoms with Crippen LogP contribution < -0.4 is 0 Å². The number of hydrogen-bond acceptors (Lipinski definition) is 5. The maximum Gasteiger partial charge on any atom is 0.193 e. The van der Waals surface area contributed by atoms with E-state index in [9.17, 15) is 4.79 Å². The van der Waals surface area contributed by atoms with Crippen LogP contribution in [0.4, 0.5) is 0 Å². The van der Waals surface area contributed by atoms with Crippen LogP contribution in [0.25, 0.3) is 0 Å². The highest BCUT2D eigenvalue weighted by molar-refractivity contribution is 6.10. The second kappa shape index (κ2) is 13.1. The molecule has 2 aromatic rings. The van der Waals surface area contributed by atoms with E-state index < -0.39 is 22.4 Å². The summed E-state index contributed by atoms with van der Waals surface area (Å²) in [6.07, 6.45) is 1.67. The second-order valence-electron chi connectivity index (χ2n) is 17.2. The molecule has 0 unspecified atom stereocenters.